The lowest BCUT2D eigenvalue weighted by Crippen LogP contribution is -2.23. The lowest BCUT2D eigenvalue weighted by molar-refractivity contribution is 0.708. The minimum Gasteiger partial charge on any atom is -0.348 e. The predicted molar refractivity (Wildman–Crippen MR) is 71.5 cm³/mol. The zero-order valence-electron chi connectivity index (χ0n) is 10.4. The molecule has 3 heteroatoms. The quantitative estimate of drug-likeness (QED) is 0.790. The first-order valence-electron chi connectivity index (χ1n) is 6.51. The van der Waals surface area contributed by atoms with Gasteiger partial charge in [-0.2, -0.15) is 0 Å². The van der Waals surface area contributed by atoms with Gasteiger partial charge in [0.1, 0.15) is 0 Å². The monoisotopic (exact) mass is 238 g/mol. The van der Waals surface area contributed by atoms with E-state index in [-0.39, 0.29) is 0 Å². The van der Waals surface area contributed by atoms with E-state index in [1.165, 1.54) is 56.0 Å². The molecule has 0 aliphatic carbocycles. The molecular formula is C13H22N2S. The highest BCUT2D eigenvalue weighted by Gasteiger charge is 2.15. The molecule has 0 amide bonds. The lowest BCUT2D eigenvalue weighted by atomic mass is 10.1. The summed E-state index contributed by atoms with van der Waals surface area (Å²) < 4.78 is 0. The molecule has 1 unspecified atom stereocenters. The third kappa shape index (κ3) is 2.76. The van der Waals surface area contributed by atoms with Gasteiger partial charge in [-0.3, -0.25) is 0 Å². The molecule has 0 saturated carbocycles. The third-order valence-corrected chi connectivity index (χ3v) is 4.42. The van der Waals surface area contributed by atoms with Gasteiger partial charge in [-0.15, -0.1) is 11.3 Å². The molecular weight excluding hydrogens is 216 g/mol. The van der Waals surface area contributed by atoms with Crippen molar-refractivity contribution in [1.29, 1.82) is 0 Å². The normalized spacial score (nSPS) is 19.5. The van der Waals surface area contributed by atoms with Crippen LogP contribution in [0.2, 0.25) is 0 Å². The number of nitrogens with zero attached hydrogens (tertiary/aromatic N) is 2. The van der Waals surface area contributed by atoms with Crippen molar-refractivity contribution in [3.63, 3.8) is 0 Å². The highest BCUT2D eigenvalue weighted by Crippen LogP contribution is 2.28. The number of hydrogen-bond donors (Lipinski definition) is 0. The molecule has 0 spiro atoms. The van der Waals surface area contributed by atoms with Crippen molar-refractivity contribution in [1.82, 2.24) is 4.98 Å². The Labute approximate surface area is 103 Å². The fraction of sp³-hybridized carbons (Fsp3) is 0.769. The molecule has 1 aromatic heterocycles. The van der Waals surface area contributed by atoms with E-state index in [2.05, 4.69) is 24.1 Å². The van der Waals surface area contributed by atoms with Gasteiger partial charge in [0.05, 0.1) is 5.69 Å². The van der Waals surface area contributed by atoms with E-state index in [1.54, 1.807) is 0 Å². The maximum absolute atomic E-state index is 4.79. The Morgan fingerprint density at radius 3 is 2.62 bits per heavy atom. The number of aromatic nitrogens is 1. The molecule has 1 aliphatic rings. The zero-order chi connectivity index (χ0) is 11.4. The minimum absolute atomic E-state index is 0.608. The van der Waals surface area contributed by atoms with Crippen molar-refractivity contribution in [2.75, 3.05) is 18.0 Å². The van der Waals surface area contributed by atoms with Crippen LogP contribution in [0.25, 0.3) is 0 Å². The first-order chi connectivity index (χ1) is 7.81. The maximum Gasteiger partial charge on any atom is 0.185 e. The summed E-state index contributed by atoms with van der Waals surface area (Å²) in [6.45, 7) is 6.90. The number of rotatable bonds is 3. The number of anilines is 1. The van der Waals surface area contributed by atoms with Crippen LogP contribution in [0.4, 0.5) is 5.13 Å². The second kappa shape index (κ2) is 5.67. The van der Waals surface area contributed by atoms with E-state index >= 15 is 0 Å². The third-order valence-electron chi connectivity index (χ3n) is 3.50. The van der Waals surface area contributed by atoms with Gasteiger partial charge in [0.25, 0.3) is 0 Å². The average Bonchev–Trinajstić information content (AvgIpc) is 2.64. The average molecular weight is 238 g/mol. The highest BCUT2D eigenvalue weighted by molar-refractivity contribution is 7.13. The molecule has 1 aromatic rings. The largest absolute Gasteiger partial charge is 0.348 e. The van der Waals surface area contributed by atoms with Gasteiger partial charge >= 0.3 is 0 Å². The summed E-state index contributed by atoms with van der Waals surface area (Å²) in [4.78, 5) is 7.27. The van der Waals surface area contributed by atoms with Gasteiger partial charge in [0.15, 0.2) is 5.13 Å². The van der Waals surface area contributed by atoms with E-state index in [4.69, 9.17) is 4.98 Å². The Balaban J connectivity index is 2.05. The smallest absolute Gasteiger partial charge is 0.185 e. The molecule has 0 bridgehead atoms. The van der Waals surface area contributed by atoms with E-state index in [9.17, 15) is 0 Å². The summed E-state index contributed by atoms with van der Waals surface area (Å²) in [5.74, 6) is 0.608. The molecule has 0 radical (unpaired) electrons. The summed E-state index contributed by atoms with van der Waals surface area (Å²) in [6, 6.07) is 0. The van der Waals surface area contributed by atoms with Crippen molar-refractivity contribution < 1.29 is 0 Å². The van der Waals surface area contributed by atoms with Gasteiger partial charge in [0, 0.05) is 18.5 Å². The molecule has 0 N–H and O–H groups in total. The second-order valence-corrected chi connectivity index (χ2v) is 5.60. The first-order valence-corrected chi connectivity index (χ1v) is 7.39. The predicted octanol–water partition coefficient (Wildman–Crippen LogP) is 4.04. The molecule has 90 valence electrons. The Kier molecular flexibility index (Phi) is 4.22. The molecule has 1 fully saturated rings. The Bertz CT molecular complexity index is 313. The zero-order valence-corrected chi connectivity index (χ0v) is 11.2. The van der Waals surface area contributed by atoms with E-state index in [0.717, 1.165) is 0 Å². The topological polar surface area (TPSA) is 16.1 Å². The molecule has 2 heterocycles. The summed E-state index contributed by atoms with van der Waals surface area (Å²) in [5, 5.41) is 3.49. The van der Waals surface area contributed by atoms with Gasteiger partial charge in [-0.25, -0.2) is 4.98 Å². The molecule has 1 saturated heterocycles. The summed E-state index contributed by atoms with van der Waals surface area (Å²) in [7, 11) is 0. The Hall–Kier alpha value is -0.570. The van der Waals surface area contributed by atoms with Crippen LogP contribution in [0.15, 0.2) is 5.38 Å². The molecule has 2 nitrogen and oxygen atoms in total. The molecule has 2 rings (SSSR count). The van der Waals surface area contributed by atoms with Crippen molar-refractivity contribution in [2.45, 2.75) is 51.9 Å². The first kappa shape index (κ1) is 11.9. The fourth-order valence-electron chi connectivity index (χ4n) is 2.12. The van der Waals surface area contributed by atoms with Crippen molar-refractivity contribution in [3.05, 3.63) is 11.1 Å². The Morgan fingerprint density at radius 1 is 1.31 bits per heavy atom. The van der Waals surface area contributed by atoms with Crippen LogP contribution in [0.1, 0.15) is 57.6 Å². The van der Waals surface area contributed by atoms with Crippen LogP contribution in [-0.2, 0) is 0 Å². The van der Waals surface area contributed by atoms with Crippen LogP contribution < -0.4 is 4.90 Å². The van der Waals surface area contributed by atoms with Crippen LogP contribution in [0, 0.1) is 0 Å². The molecule has 1 aliphatic heterocycles. The number of thiazole rings is 1. The number of hydrogen-bond acceptors (Lipinski definition) is 3. The van der Waals surface area contributed by atoms with Crippen LogP contribution in [-0.4, -0.2) is 18.1 Å². The van der Waals surface area contributed by atoms with Gasteiger partial charge in [-0.1, -0.05) is 26.7 Å². The van der Waals surface area contributed by atoms with E-state index in [0.29, 0.717) is 5.92 Å². The highest BCUT2D eigenvalue weighted by atomic mass is 32.1. The maximum atomic E-state index is 4.79. The molecule has 1 atom stereocenters. The SMILES string of the molecule is CCC(C)c1csc(N2CCCCCC2)n1. The van der Waals surface area contributed by atoms with Crippen molar-refractivity contribution >= 4 is 16.5 Å². The fourth-order valence-corrected chi connectivity index (χ4v) is 3.12. The molecule has 0 aromatic carbocycles. The Morgan fingerprint density at radius 2 is 2.00 bits per heavy atom. The summed E-state index contributed by atoms with van der Waals surface area (Å²) in [5.41, 5.74) is 1.28. The van der Waals surface area contributed by atoms with E-state index < -0.39 is 0 Å². The lowest BCUT2D eigenvalue weighted by Gasteiger charge is -2.18. The second-order valence-electron chi connectivity index (χ2n) is 4.77. The standard InChI is InChI=1S/C13H22N2S/c1-3-11(2)12-10-16-13(14-12)15-8-6-4-5-7-9-15/h10-11H,3-9H2,1-2H3. The van der Waals surface area contributed by atoms with Crippen molar-refractivity contribution in [2.24, 2.45) is 0 Å². The van der Waals surface area contributed by atoms with Crippen molar-refractivity contribution in [3.8, 4) is 0 Å². The molecule has 16 heavy (non-hydrogen) atoms. The van der Waals surface area contributed by atoms with Crippen LogP contribution in [0.3, 0.4) is 0 Å². The summed E-state index contributed by atoms with van der Waals surface area (Å²) >= 11 is 1.82. The van der Waals surface area contributed by atoms with E-state index in [1.807, 2.05) is 11.3 Å². The van der Waals surface area contributed by atoms with Crippen LogP contribution >= 0.6 is 11.3 Å². The van der Waals surface area contributed by atoms with Gasteiger partial charge in [-0.05, 0) is 25.2 Å². The summed E-state index contributed by atoms with van der Waals surface area (Å²) in [6.07, 6.45) is 6.62. The van der Waals surface area contributed by atoms with Gasteiger partial charge < -0.3 is 4.90 Å². The van der Waals surface area contributed by atoms with Crippen LogP contribution in [0.5, 0.6) is 0 Å². The minimum atomic E-state index is 0.608. The van der Waals surface area contributed by atoms with Gasteiger partial charge in [0.2, 0.25) is 0 Å².